The number of nitriles is 1. The van der Waals surface area contributed by atoms with Crippen LogP contribution in [0, 0.1) is 28.6 Å². The molecule has 4 aliphatic rings. The molecule has 0 N–H and O–H groups in total. The SMILES string of the molecule is CN(CCC#N)C(=O)C12CC3CC(CC(Br)(C3)C1)C2. The van der Waals surface area contributed by atoms with Crippen LogP contribution in [0.5, 0.6) is 0 Å². The van der Waals surface area contributed by atoms with E-state index < -0.39 is 0 Å². The van der Waals surface area contributed by atoms with E-state index in [-0.39, 0.29) is 9.74 Å². The van der Waals surface area contributed by atoms with Crippen LogP contribution in [-0.4, -0.2) is 28.7 Å². The number of amides is 1. The second-order valence-corrected chi connectivity index (χ2v) is 8.71. The maximum absolute atomic E-state index is 12.8. The van der Waals surface area contributed by atoms with E-state index in [9.17, 15) is 4.79 Å². The third-order valence-corrected chi connectivity index (χ3v) is 6.28. The number of carbonyl (C=O) groups is 1. The molecule has 3 nitrogen and oxygen atoms in total. The number of nitrogens with zero attached hydrogens (tertiary/aromatic N) is 2. The van der Waals surface area contributed by atoms with Crippen LogP contribution in [0.25, 0.3) is 0 Å². The van der Waals surface area contributed by atoms with Gasteiger partial charge in [-0.15, -0.1) is 0 Å². The van der Waals surface area contributed by atoms with Gasteiger partial charge in [0.2, 0.25) is 5.91 Å². The molecule has 0 aliphatic heterocycles. The zero-order chi connectivity index (χ0) is 13.7. The highest BCUT2D eigenvalue weighted by molar-refractivity contribution is 9.10. The summed E-state index contributed by atoms with van der Waals surface area (Å²) in [5, 5.41) is 8.68. The van der Waals surface area contributed by atoms with Crippen molar-refractivity contribution in [3.63, 3.8) is 0 Å². The van der Waals surface area contributed by atoms with E-state index in [4.69, 9.17) is 5.26 Å². The van der Waals surface area contributed by atoms with E-state index in [1.54, 1.807) is 4.90 Å². The Bertz CT molecular complexity index is 428. The molecule has 0 aromatic rings. The van der Waals surface area contributed by atoms with E-state index >= 15 is 0 Å². The average Bonchev–Trinajstić information content (AvgIpc) is 2.32. The second kappa shape index (κ2) is 4.48. The molecule has 1 amide bonds. The topological polar surface area (TPSA) is 44.1 Å². The minimum atomic E-state index is -0.127. The monoisotopic (exact) mass is 324 g/mol. The van der Waals surface area contributed by atoms with Crippen molar-refractivity contribution in [1.82, 2.24) is 4.90 Å². The molecular weight excluding hydrogens is 304 g/mol. The van der Waals surface area contributed by atoms with Crippen molar-refractivity contribution in [2.24, 2.45) is 17.3 Å². The zero-order valence-corrected chi connectivity index (χ0v) is 13.1. The third kappa shape index (κ3) is 2.20. The summed E-state index contributed by atoms with van der Waals surface area (Å²) in [6, 6.07) is 2.13. The molecule has 2 atom stereocenters. The maximum atomic E-state index is 12.8. The van der Waals surface area contributed by atoms with Crippen molar-refractivity contribution in [3.8, 4) is 6.07 Å². The molecule has 104 valence electrons. The lowest BCUT2D eigenvalue weighted by Crippen LogP contribution is -2.58. The van der Waals surface area contributed by atoms with Crippen LogP contribution in [0.4, 0.5) is 0 Å². The summed E-state index contributed by atoms with van der Waals surface area (Å²) >= 11 is 3.94. The van der Waals surface area contributed by atoms with Gasteiger partial charge in [-0.05, 0) is 50.4 Å². The van der Waals surface area contributed by atoms with E-state index in [0.717, 1.165) is 31.1 Å². The lowest BCUT2D eigenvalue weighted by Gasteiger charge is -2.59. The Kier molecular flexibility index (Phi) is 3.16. The molecule has 19 heavy (non-hydrogen) atoms. The zero-order valence-electron chi connectivity index (χ0n) is 11.5. The molecule has 4 bridgehead atoms. The van der Waals surface area contributed by atoms with Gasteiger partial charge in [-0.3, -0.25) is 4.79 Å². The van der Waals surface area contributed by atoms with Crippen LogP contribution in [0.15, 0.2) is 0 Å². The van der Waals surface area contributed by atoms with Crippen molar-refractivity contribution in [1.29, 1.82) is 5.26 Å². The Balaban J connectivity index is 1.80. The Labute approximate surface area is 123 Å². The summed E-state index contributed by atoms with van der Waals surface area (Å²) in [5.74, 6) is 1.75. The molecule has 4 saturated carbocycles. The largest absolute Gasteiger partial charge is 0.344 e. The van der Waals surface area contributed by atoms with Gasteiger partial charge in [0.25, 0.3) is 0 Å². The van der Waals surface area contributed by atoms with E-state index in [1.807, 2.05) is 7.05 Å². The van der Waals surface area contributed by atoms with Crippen LogP contribution in [0.1, 0.15) is 44.9 Å². The number of alkyl halides is 1. The van der Waals surface area contributed by atoms with Gasteiger partial charge in [-0.2, -0.15) is 5.26 Å². The maximum Gasteiger partial charge on any atom is 0.228 e. The summed E-state index contributed by atoms with van der Waals surface area (Å²) < 4.78 is 0.225. The molecular formula is C15H21BrN2O. The summed E-state index contributed by atoms with van der Waals surface area (Å²) in [6.07, 6.45) is 7.41. The quantitative estimate of drug-likeness (QED) is 0.749. The van der Waals surface area contributed by atoms with Crippen molar-refractivity contribution in [3.05, 3.63) is 0 Å². The highest BCUT2D eigenvalue weighted by Gasteiger charge is 2.60. The minimum Gasteiger partial charge on any atom is -0.344 e. The highest BCUT2D eigenvalue weighted by atomic mass is 79.9. The molecule has 0 radical (unpaired) electrons. The fourth-order valence-electron chi connectivity index (χ4n) is 5.13. The number of hydrogen-bond acceptors (Lipinski definition) is 2. The number of hydrogen-bond donors (Lipinski definition) is 0. The molecule has 0 heterocycles. The number of carbonyl (C=O) groups excluding carboxylic acids is 1. The Morgan fingerprint density at radius 2 is 2.00 bits per heavy atom. The standard InChI is InChI=1S/C15H21BrN2O/c1-18(4-2-3-17)13(19)14-6-11-5-12(7-14)9-15(16,8-11)10-14/h11-12H,2,4-10H2,1H3. The van der Waals surface area contributed by atoms with Gasteiger partial charge < -0.3 is 4.90 Å². The molecule has 0 spiro atoms. The lowest BCUT2D eigenvalue weighted by molar-refractivity contribution is -0.154. The minimum absolute atomic E-state index is 0.127. The van der Waals surface area contributed by atoms with Gasteiger partial charge in [-0.25, -0.2) is 0 Å². The fourth-order valence-corrected chi connectivity index (χ4v) is 6.58. The van der Waals surface area contributed by atoms with Crippen molar-refractivity contribution >= 4 is 21.8 Å². The molecule has 4 heteroatoms. The molecule has 4 aliphatic carbocycles. The first-order valence-electron chi connectivity index (χ1n) is 7.28. The van der Waals surface area contributed by atoms with Crippen LogP contribution in [0.3, 0.4) is 0 Å². The smallest absolute Gasteiger partial charge is 0.228 e. The first kappa shape index (κ1) is 13.4. The molecule has 0 aromatic carbocycles. The van der Waals surface area contributed by atoms with E-state index in [1.165, 1.54) is 19.3 Å². The normalized spacial score (nSPS) is 43.0. The van der Waals surface area contributed by atoms with E-state index in [2.05, 4.69) is 22.0 Å². The summed E-state index contributed by atoms with van der Waals surface area (Å²) in [7, 11) is 1.86. The van der Waals surface area contributed by atoms with Gasteiger partial charge in [0.1, 0.15) is 0 Å². The Morgan fingerprint density at radius 3 is 2.53 bits per heavy atom. The van der Waals surface area contributed by atoms with Gasteiger partial charge in [0.05, 0.1) is 17.9 Å². The molecule has 2 unspecified atom stereocenters. The van der Waals surface area contributed by atoms with Crippen molar-refractivity contribution in [2.75, 3.05) is 13.6 Å². The van der Waals surface area contributed by atoms with Gasteiger partial charge in [0, 0.05) is 17.9 Å². The predicted molar refractivity (Wildman–Crippen MR) is 76.6 cm³/mol. The Hall–Kier alpha value is -0.560. The van der Waals surface area contributed by atoms with E-state index in [0.29, 0.717) is 18.9 Å². The number of rotatable bonds is 3. The second-order valence-electron chi connectivity index (χ2n) is 7.03. The van der Waals surface area contributed by atoms with Gasteiger partial charge in [-0.1, -0.05) is 15.9 Å². The van der Waals surface area contributed by atoms with Gasteiger partial charge >= 0.3 is 0 Å². The number of halogens is 1. The predicted octanol–water partition coefficient (Wildman–Crippen LogP) is 3.09. The van der Waals surface area contributed by atoms with Gasteiger partial charge in [0.15, 0.2) is 0 Å². The lowest BCUT2D eigenvalue weighted by atomic mass is 9.49. The highest BCUT2D eigenvalue weighted by Crippen LogP contribution is 2.64. The van der Waals surface area contributed by atoms with Crippen molar-refractivity contribution in [2.45, 2.75) is 49.3 Å². The van der Waals surface area contributed by atoms with Crippen molar-refractivity contribution < 1.29 is 4.79 Å². The Morgan fingerprint density at radius 1 is 1.37 bits per heavy atom. The summed E-state index contributed by atoms with van der Waals surface area (Å²) in [6.45, 7) is 0.571. The van der Waals surface area contributed by atoms with Crippen LogP contribution < -0.4 is 0 Å². The molecule has 4 rings (SSSR count). The first-order valence-corrected chi connectivity index (χ1v) is 8.07. The first-order chi connectivity index (χ1) is 8.96. The summed E-state index contributed by atoms with van der Waals surface area (Å²) in [4.78, 5) is 14.6. The fraction of sp³-hybridized carbons (Fsp3) is 0.867. The molecule has 4 fully saturated rings. The van der Waals surface area contributed by atoms with Crippen LogP contribution >= 0.6 is 15.9 Å². The van der Waals surface area contributed by atoms with Crippen LogP contribution in [-0.2, 0) is 4.79 Å². The van der Waals surface area contributed by atoms with Crippen LogP contribution in [0.2, 0.25) is 0 Å². The molecule has 0 aromatic heterocycles. The third-order valence-electron chi connectivity index (χ3n) is 5.35. The average molecular weight is 325 g/mol. The molecule has 0 saturated heterocycles. The summed E-state index contributed by atoms with van der Waals surface area (Å²) in [5.41, 5.74) is -0.127.